The molecule has 0 aliphatic rings. The second-order valence-corrected chi connectivity index (χ2v) is 7.96. The zero-order valence-corrected chi connectivity index (χ0v) is 19.2. The highest BCUT2D eigenvalue weighted by atomic mass is 16.5. The highest BCUT2D eigenvalue weighted by molar-refractivity contribution is 5.30. The van der Waals surface area contributed by atoms with E-state index >= 15 is 0 Å². The van der Waals surface area contributed by atoms with Crippen LogP contribution in [0.3, 0.4) is 0 Å². The lowest BCUT2D eigenvalue weighted by Crippen LogP contribution is -2.04. The van der Waals surface area contributed by atoms with E-state index in [1.165, 1.54) is 63.9 Å². The van der Waals surface area contributed by atoms with E-state index in [1.807, 2.05) is 24.3 Å². The van der Waals surface area contributed by atoms with Crippen LogP contribution in [0.4, 0.5) is 0 Å². The molecule has 0 aromatic heterocycles. The summed E-state index contributed by atoms with van der Waals surface area (Å²) in [6, 6.07) is 14.3. The monoisotopic (exact) mass is 426 g/mol. The number of methoxy groups -OCH3 is 1. The topological polar surface area (TPSA) is 44.8 Å². The van der Waals surface area contributed by atoms with Gasteiger partial charge in [-0.05, 0) is 48.4 Å². The molecule has 0 saturated heterocycles. The van der Waals surface area contributed by atoms with E-state index in [0.717, 1.165) is 17.7 Å². The Bertz CT molecular complexity index is 786. The van der Waals surface area contributed by atoms with Crippen LogP contribution in [0.5, 0.6) is 17.2 Å². The molecule has 170 valence electrons. The molecule has 0 bridgehead atoms. The first-order valence-electron chi connectivity index (χ1n) is 11.8. The average molecular weight is 427 g/mol. The summed E-state index contributed by atoms with van der Waals surface area (Å²) in [5.41, 5.74) is 0.825. The molecular formula is C27H38O4. The Morgan fingerprint density at radius 1 is 0.645 bits per heavy atom. The number of rotatable bonds is 16. The lowest BCUT2D eigenvalue weighted by molar-refractivity contribution is 0.301. The molecule has 0 saturated carbocycles. The molecule has 31 heavy (non-hydrogen) atoms. The number of hydrogen-bond donors (Lipinski definition) is 0. The summed E-state index contributed by atoms with van der Waals surface area (Å²) < 4.78 is 16.7. The molecule has 0 radical (unpaired) electrons. The van der Waals surface area contributed by atoms with E-state index in [1.54, 1.807) is 25.3 Å². The van der Waals surface area contributed by atoms with Gasteiger partial charge in [-0.25, -0.2) is 0 Å². The minimum atomic E-state index is -0.151. The second-order valence-electron chi connectivity index (χ2n) is 7.96. The van der Waals surface area contributed by atoms with E-state index in [-0.39, 0.29) is 5.43 Å². The zero-order chi connectivity index (χ0) is 22.2. The fraction of sp³-hybridized carbons (Fsp3) is 0.519. The van der Waals surface area contributed by atoms with Crippen LogP contribution in [-0.2, 0) is 6.61 Å². The number of unbranched alkanes of at least 4 members (excludes halogenated alkanes) is 9. The quantitative estimate of drug-likeness (QED) is 0.273. The second kappa shape index (κ2) is 15.3. The largest absolute Gasteiger partial charge is 0.497 e. The van der Waals surface area contributed by atoms with Gasteiger partial charge in [-0.1, -0.05) is 76.8 Å². The maximum Gasteiger partial charge on any atom is 0.220 e. The highest BCUT2D eigenvalue weighted by Crippen LogP contribution is 2.16. The number of hydrogen-bond acceptors (Lipinski definition) is 4. The van der Waals surface area contributed by atoms with Crippen LogP contribution < -0.4 is 19.6 Å². The number of ether oxygens (including phenoxy) is 3. The van der Waals surface area contributed by atoms with Gasteiger partial charge in [0.05, 0.1) is 13.7 Å². The van der Waals surface area contributed by atoms with Gasteiger partial charge >= 0.3 is 0 Å². The maximum absolute atomic E-state index is 12.3. The van der Waals surface area contributed by atoms with Crippen molar-refractivity contribution in [2.24, 2.45) is 0 Å². The molecule has 0 fully saturated rings. The molecule has 0 spiro atoms. The van der Waals surface area contributed by atoms with Crippen LogP contribution in [0.25, 0.3) is 0 Å². The van der Waals surface area contributed by atoms with Crippen LogP contribution >= 0.6 is 0 Å². The van der Waals surface area contributed by atoms with Gasteiger partial charge in [-0.3, -0.25) is 4.79 Å². The zero-order valence-electron chi connectivity index (χ0n) is 19.2. The fourth-order valence-electron chi connectivity index (χ4n) is 3.41. The Balaban J connectivity index is 1.65. The van der Waals surface area contributed by atoms with Gasteiger partial charge in [0.15, 0.2) is 5.75 Å². The highest BCUT2D eigenvalue weighted by Gasteiger charge is 2.02. The van der Waals surface area contributed by atoms with Crippen LogP contribution in [0, 0.1) is 0 Å². The van der Waals surface area contributed by atoms with Crippen molar-refractivity contribution in [2.45, 2.75) is 77.7 Å². The van der Waals surface area contributed by atoms with Crippen LogP contribution in [0.2, 0.25) is 0 Å². The smallest absolute Gasteiger partial charge is 0.220 e. The molecule has 2 aromatic carbocycles. The summed E-state index contributed by atoms with van der Waals surface area (Å²) in [6.07, 6.45) is 13.0. The molecule has 0 atom stereocenters. The lowest BCUT2D eigenvalue weighted by Gasteiger charge is -2.05. The SMILES string of the molecule is CCCCCCCCCCCCOc1ccc(OCc2ccc(OC)cc2)c(=O)cc1. The van der Waals surface area contributed by atoms with Crippen molar-refractivity contribution in [1.29, 1.82) is 0 Å². The Morgan fingerprint density at radius 2 is 1.23 bits per heavy atom. The predicted molar refractivity (Wildman–Crippen MR) is 127 cm³/mol. The molecular weight excluding hydrogens is 388 g/mol. The summed E-state index contributed by atoms with van der Waals surface area (Å²) in [6.45, 7) is 3.27. The number of benzene rings is 1. The Labute approximate surface area is 187 Å². The summed E-state index contributed by atoms with van der Waals surface area (Å²) in [7, 11) is 1.63. The first-order chi connectivity index (χ1) is 15.2. The van der Waals surface area contributed by atoms with Crippen molar-refractivity contribution in [3.8, 4) is 17.2 Å². The normalized spacial score (nSPS) is 10.6. The van der Waals surface area contributed by atoms with Crippen LogP contribution in [-0.4, -0.2) is 13.7 Å². The summed E-state index contributed by atoms with van der Waals surface area (Å²) in [4.78, 5) is 12.3. The molecule has 2 rings (SSSR count). The maximum atomic E-state index is 12.3. The van der Waals surface area contributed by atoms with E-state index in [4.69, 9.17) is 14.2 Å². The molecule has 0 N–H and O–H groups in total. The molecule has 2 aromatic rings. The Kier molecular flexibility index (Phi) is 12.3. The third kappa shape index (κ3) is 10.4. The lowest BCUT2D eigenvalue weighted by atomic mass is 10.1. The van der Waals surface area contributed by atoms with Gasteiger partial charge in [0.2, 0.25) is 5.43 Å². The van der Waals surface area contributed by atoms with Gasteiger partial charge in [0, 0.05) is 0 Å². The van der Waals surface area contributed by atoms with Gasteiger partial charge in [0.1, 0.15) is 18.1 Å². The minimum Gasteiger partial charge on any atom is -0.497 e. The van der Waals surface area contributed by atoms with Crippen LogP contribution in [0.1, 0.15) is 76.7 Å². The van der Waals surface area contributed by atoms with E-state index in [2.05, 4.69) is 6.92 Å². The van der Waals surface area contributed by atoms with E-state index in [9.17, 15) is 4.79 Å². The summed E-state index contributed by atoms with van der Waals surface area (Å²) in [5, 5.41) is 0. The van der Waals surface area contributed by atoms with E-state index in [0.29, 0.717) is 24.7 Å². The van der Waals surface area contributed by atoms with E-state index < -0.39 is 0 Å². The first-order valence-corrected chi connectivity index (χ1v) is 11.8. The van der Waals surface area contributed by atoms with Crippen LogP contribution in [0.15, 0.2) is 53.3 Å². The minimum absolute atomic E-state index is 0.151. The molecule has 0 heterocycles. The molecule has 0 amide bonds. The van der Waals surface area contributed by atoms with Crippen molar-refractivity contribution in [3.05, 3.63) is 64.3 Å². The molecule has 0 aliphatic carbocycles. The standard InChI is InChI=1S/C27H38O4/c1-3-4-5-6-7-8-9-10-11-12-21-30-25-17-19-26(28)27(20-18-25)31-22-23-13-15-24(29-2)16-14-23/h13-20H,3-12,21-22H2,1-2H3. The fourth-order valence-corrected chi connectivity index (χ4v) is 3.41. The van der Waals surface area contributed by atoms with Crippen molar-refractivity contribution < 1.29 is 14.2 Å². The van der Waals surface area contributed by atoms with Crippen molar-refractivity contribution in [1.82, 2.24) is 0 Å². The average Bonchev–Trinajstić information content (AvgIpc) is 2.97. The summed E-state index contributed by atoms with van der Waals surface area (Å²) >= 11 is 0. The summed E-state index contributed by atoms with van der Waals surface area (Å²) in [5.74, 6) is 1.82. The Hall–Kier alpha value is -2.49. The molecule has 4 nitrogen and oxygen atoms in total. The van der Waals surface area contributed by atoms with Gasteiger partial charge < -0.3 is 14.2 Å². The third-order valence-corrected chi connectivity index (χ3v) is 5.36. The molecule has 0 unspecified atom stereocenters. The first kappa shape index (κ1) is 24.8. The molecule has 0 aliphatic heterocycles. The van der Waals surface area contributed by atoms with Gasteiger partial charge in [-0.2, -0.15) is 0 Å². The van der Waals surface area contributed by atoms with Crippen molar-refractivity contribution in [3.63, 3.8) is 0 Å². The predicted octanol–water partition coefficient (Wildman–Crippen LogP) is 6.93. The van der Waals surface area contributed by atoms with Gasteiger partial charge in [-0.15, -0.1) is 0 Å². The van der Waals surface area contributed by atoms with Crippen molar-refractivity contribution in [2.75, 3.05) is 13.7 Å². The molecule has 4 heteroatoms. The van der Waals surface area contributed by atoms with Crippen molar-refractivity contribution >= 4 is 0 Å². The Morgan fingerprint density at radius 3 is 1.87 bits per heavy atom. The third-order valence-electron chi connectivity index (χ3n) is 5.36. The van der Waals surface area contributed by atoms with Gasteiger partial charge in [0.25, 0.3) is 0 Å².